The van der Waals surface area contributed by atoms with Gasteiger partial charge in [-0.3, -0.25) is 14.9 Å². The number of amides is 1. The number of benzene rings is 1. The summed E-state index contributed by atoms with van der Waals surface area (Å²) >= 11 is 4.18. The van der Waals surface area contributed by atoms with Crippen molar-refractivity contribution in [2.75, 3.05) is 22.9 Å². The van der Waals surface area contributed by atoms with Crippen LogP contribution in [0.4, 0.5) is 17.1 Å². The average molecular weight is 267 g/mol. The lowest BCUT2D eigenvalue weighted by Gasteiger charge is -2.18. The van der Waals surface area contributed by atoms with Crippen molar-refractivity contribution in [1.82, 2.24) is 0 Å². The second kappa shape index (κ2) is 4.85. The predicted octanol–water partition coefficient (Wildman–Crippen LogP) is 1.46. The third-order valence-corrected chi connectivity index (χ3v) is 3.49. The van der Waals surface area contributed by atoms with Gasteiger partial charge in [0.25, 0.3) is 5.69 Å². The van der Waals surface area contributed by atoms with Gasteiger partial charge in [0, 0.05) is 25.1 Å². The molecule has 96 valence electrons. The van der Waals surface area contributed by atoms with Crippen LogP contribution in [0.15, 0.2) is 18.2 Å². The van der Waals surface area contributed by atoms with Crippen LogP contribution in [-0.2, 0) is 4.79 Å². The highest BCUT2D eigenvalue weighted by molar-refractivity contribution is 7.80. The highest BCUT2D eigenvalue weighted by Gasteiger charge is 2.31. The Morgan fingerprint density at radius 2 is 2.28 bits per heavy atom. The van der Waals surface area contributed by atoms with E-state index in [9.17, 15) is 14.9 Å². The van der Waals surface area contributed by atoms with Gasteiger partial charge < -0.3 is 10.6 Å². The molecule has 1 aliphatic heterocycles. The van der Waals surface area contributed by atoms with Crippen molar-refractivity contribution in [2.24, 2.45) is 5.92 Å². The Bertz CT molecular complexity index is 506. The molecule has 2 rings (SSSR count). The number of nitrogen functional groups attached to an aromatic ring is 1. The molecule has 1 aliphatic rings. The predicted molar refractivity (Wildman–Crippen MR) is 71.8 cm³/mol. The molecule has 0 aliphatic carbocycles. The van der Waals surface area contributed by atoms with Gasteiger partial charge in [0.1, 0.15) is 0 Å². The molecule has 1 fully saturated rings. The minimum absolute atomic E-state index is 0.0189. The Morgan fingerprint density at radius 3 is 2.78 bits per heavy atom. The molecule has 1 heterocycles. The lowest BCUT2D eigenvalue weighted by molar-refractivity contribution is -0.384. The number of nitro benzene ring substituents is 1. The van der Waals surface area contributed by atoms with Gasteiger partial charge in [-0.25, -0.2) is 0 Å². The molecule has 0 radical (unpaired) electrons. The van der Waals surface area contributed by atoms with Crippen molar-refractivity contribution in [3.63, 3.8) is 0 Å². The van der Waals surface area contributed by atoms with E-state index in [4.69, 9.17) is 5.73 Å². The van der Waals surface area contributed by atoms with Crippen LogP contribution in [-0.4, -0.2) is 23.1 Å². The maximum Gasteiger partial charge on any atom is 0.271 e. The number of nitro groups is 1. The van der Waals surface area contributed by atoms with E-state index in [1.54, 1.807) is 4.90 Å². The number of hydrogen-bond acceptors (Lipinski definition) is 5. The van der Waals surface area contributed by atoms with Crippen LogP contribution >= 0.6 is 12.6 Å². The summed E-state index contributed by atoms with van der Waals surface area (Å²) < 4.78 is 0. The average Bonchev–Trinajstić information content (AvgIpc) is 2.70. The number of carbonyl (C=O) groups is 1. The quantitative estimate of drug-likeness (QED) is 0.375. The topological polar surface area (TPSA) is 89.5 Å². The largest absolute Gasteiger partial charge is 0.397 e. The number of thiol groups is 1. The second-order valence-electron chi connectivity index (χ2n) is 4.26. The molecule has 18 heavy (non-hydrogen) atoms. The van der Waals surface area contributed by atoms with Crippen molar-refractivity contribution in [3.8, 4) is 0 Å². The molecule has 1 unspecified atom stereocenters. The molecular formula is C11H13N3O3S. The molecule has 1 saturated heterocycles. The zero-order valence-electron chi connectivity index (χ0n) is 9.57. The fraction of sp³-hybridized carbons (Fsp3) is 0.364. The maximum absolute atomic E-state index is 11.8. The van der Waals surface area contributed by atoms with Crippen LogP contribution in [0.2, 0.25) is 0 Å². The summed E-state index contributed by atoms with van der Waals surface area (Å²) in [5.74, 6) is 0.819. The summed E-state index contributed by atoms with van der Waals surface area (Å²) in [6.45, 7) is 0.560. The third kappa shape index (κ3) is 2.26. The summed E-state index contributed by atoms with van der Waals surface area (Å²) in [4.78, 5) is 23.5. The van der Waals surface area contributed by atoms with Crippen molar-refractivity contribution >= 4 is 35.6 Å². The Labute approximate surface area is 109 Å². The van der Waals surface area contributed by atoms with Gasteiger partial charge in [-0.05, 0) is 17.7 Å². The van der Waals surface area contributed by atoms with Crippen molar-refractivity contribution in [3.05, 3.63) is 28.3 Å². The van der Waals surface area contributed by atoms with Gasteiger partial charge in [-0.1, -0.05) is 0 Å². The van der Waals surface area contributed by atoms with E-state index in [1.165, 1.54) is 18.2 Å². The Kier molecular flexibility index (Phi) is 3.42. The van der Waals surface area contributed by atoms with Crippen LogP contribution < -0.4 is 10.6 Å². The Hall–Kier alpha value is -1.76. The van der Waals surface area contributed by atoms with Crippen molar-refractivity contribution in [2.45, 2.75) is 6.42 Å². The Balaban J connectivity index is 2.29. The standard InChI is InChI=1S/C11H13N3O3S/c12-9-4-8(14(16)17)1-2-10(9)13-5-7(6-18)3-11(13)15/h1-2,4,7,18H,3,5-6,12H2. The monoisotopic (exact) mass is 267 g/mol. The van der Waals surface area contributed by atoms with E-state index in [-0.39, 0.29) is 23.2 Å². The zero-order valence-corrected chi connectivity index (χ0v) is 10.5. The van der Waals surface area contributed by atoms with Crippen molar-refractivity contribution < 1.29 is 9.72 Å². The molecule has 1 amide bonds. The molecular weight excluding hydrogens is 254 g/mol. The maximum atomic E-state index is 11.8. The van der Waals surface area contributed by atoms with Crippen LogP contribution in [0.3, 0.4) is 0 Å². The molecule has 1 aromatic rings. The zero-order chi connectivity index (χ0) is 13.3. The van der Waals surface area contributed by atoms with Crippen LogP contribution in [0.5, 0.6) is 0 Å². The molecule has 1 atom stereocenters. The first kappa shape index (κ1) is 12.7. The number of nitrogens with zero attached hydrogens (tertiary/aromatic N) is 2. The van der Waals surface area contributed by atoms with E-state index in [1.807, 2.05) is 0 Å². The lowest BCUT2D eigenvalue weighted by Crippen LogP contribution is -2.25. The van der Waals surface area contributed by atoms with E-state index in [0.29, 0.717) is 24.4 Å². The van der Waals surface area contributed by atoms with E-state index in [2.05, 4.69) is 12.6 Å². The van der Waals surface area contributed by atoms with Crippen LogP contribution in [0, 0.1) is 16.0 Å². The van der Waals surface area contributed by atoms with Crippen LogP contribution in [0.1, 0.15) is 6.42 Å². The molecule has 0 aromatic heterocycles. The molecule has 0 saturated carbocycles. The van der Waals surface area contributed by atoms with E-state index < -0.39 is 4.92 Å². The smallest absolute Gasteiger partial charge is 0.271 e. The summed E-state index contributed by atoms with van der Waals surface area (Å²) in [5.41, 5.74) is 6.48. The van der Waals surface area contributed by atoms with Crippen LogP contribution in [0.25, 0.3) is 0 Å². The number of anilines is 2. The fourth-order valence-electron chi connectivity index (χ4n) is 2.04. The summed E-state index contributed by atoms with van der Waals surface area (Å²) in [7, 11) is 0. The fourth-order valence-corrected chi connectivity index (χ4v) is 2.28. The third-order valence-electron chi connectivity index (χ3n) is 2.98. The molecule has 2 N–H and O–H groups in total. The van der Waals surface area contributed by atoms with Gasteiger partial charge in [0.05, 0.1) is 16.3 Å². The van der Waals surface area contributed by atoms with Gasteiger partial charge in [-0.15, -0.1) is 0 Å². The number of carbonyl (C=O) groups excluding carboxylic acids is 1. The lowest BCUT2D eigenvalue weighted by atomic mass is 10.1. The molecule has 1 aromatic carbocycles. The highest BCUT2D eigenvalue weighted by atomic mass is 32.1. The first-order chi connectivity index (χ1) is 8.52. The summed E-state index contributed by atoms with van der Waals surface area (Å²) in [6, 6.07) is 4.15. The molecule has 0 bridgehead atoms. The minimum atomic E-state index is -0.511. The SMILES string of the molecule is Nc1cc([N+](=O)[O-])ccc1N1CC(CS)CC1=O. The van der Waals surface area contributed by atoms with E-state index in [0.717, 1.165) is 0 Å². The minimum Gasteiger partial charge on any atom is -0.397 e. The summed E-state index contributed by atoms with van der Waals surface area (Å²) in [5, 5.41) is 10.6. The highest BCUT2D eigenvalue weighted by Crippen LogP contribution is 2.32. The number of hydrogen-bond donors (Lipinski definition) is 2. The summed E-state index contributed by atoms with van der Waals surface area (Å²) in [6.07, 6.45) is 0.444. The van der Waals surface area contributed by atoms with E-state index >= 15 is 0 Å². The van der Waals surface area contributed by atoms with Crippen molar-refractivity contribution in [1.29, 1.82) is 0 Å². The first-order valence-corrected chi connectivity index (χ1v) is 6.11. The molecule has 0 spiro atoms. The molecule has 6 nitrogen and oxygen atoms in total. The number of rotatable bonds is 3. The van der Waals surface area contributed by atoms with Gasteiger partial charge in [0.15, 0.2) is 0 Å². The van der Waals surface area contributed by atoms with Gasteiger partial charge in [-0.2, -0.15) is 12.6 Å². The second-order valence-corrected chi connectivity index (χ2v) is 4.62. The van der Waals surface area contributed by atoms with Gasteiger partial charge >= 0.3 is 0 Å². The van der Waals surface area contributed by atoms with Gasteiger partial charge in [0.2, 0.25) is 5.91 Å². The normalized spacial score (nSPS) is 19.3. The first-order valence-electron chi connectivity index (χ1n) is 5.48. The Morgan fingerprint density at radius 1 is 1.56 bits per heavy atom. The molecule has 7 heteroatoms. The number of nitrogens with two attached hydrogens (primary N) is 1. The number of non-ortho nitro benzene ring substituents is 1.